The van der Waals surface area contributed by atoms with Gasteiger partial charge in [-0.1, -0.05) is 6.07 Å². The quantitative estimate of drug-likeness (QED) is 0.860. The van der Waals surface area contributed by atoms with Crippen molar-refractivity contribution in [3.8, 4) is 5.88 Å². The molecule has 0 aliphatic carbocycles. The largest absolute Gasteiger partial charge is 0.481 e. The normalized spacial score (nSPS) is 12.4. The number of furan rings is 1. The molecule has 2 aromatic heterocycles. The van der Waals surface area contributed by atoms with Crippen LogP contribution in [0.3, 0.4) is 0 Å². The molecule has 0 saturated heterocycles. The SMILES string of the molecule is COc1ccc(CNC(C)c2ccoc2)cn1. The first-order valence-electron chi connectivity index (χ1n) is 5.54. The molecule has 0 amide bonds. The van der Waals surface area contributed by atoms with Gasteiger partial charge >= 0.3 is 0 Å². The minimum absolute atomic E-state index is 0.260. The van der Waals surface area contributed by atoms with Crippen LogP contribution in [0.5, 0.6) is 5.88 Å². The first kappa shape index (κ1) is 11.7. The van der Waals surface area contributed by atoms with Crippen LogP contribution in [0.15, 0.2) is 41.3 Å². The number of ether oxygens (including phenoxy) is 1. The van der Waals surface area contributed by atoms with E-state index in [-0.39, 0.29) is 6.04 Å². The summed E-state index contributed by atoms with van der Waals surface area (Å²) in [5.41, 5.74) is 2.27. The Hall–Kier alpha value is -1.81. The predicted octanol–water partition coefficient (Wildman–Crippen LogP) is 2.53. The third-order valence-electron chi connectivity index (χ3n) is 2.66. The molecule has 0 spiro atoms. The molecule has 4 nitrogen and oxygen atoms in total. The van der Waals surface area contributed by atoms with Gasteiger partial charge in [-0.2, -0.15) is 0 Å². The second kappa shape index (κ2) is 5.50. The van der Waals surface area contributed by atoms with Gasteiger partial charge in [0.05, 0.1) is 19.6 Å². The van der Waals surface area contributed by atoms with E-state index in [0.717, 1.165) is 17.7 Å². The summed E-state index contributed by atoms with van der Waals surface area (Å²) in [5.74, 6) is 0.636. The molecule has 0 saturated carbocycles. The van der Waals surface area contributed by atoms with Gasteiger partial charge in [-0.25, -0.2) is 4.98 Å². The Morgan fingerprint density at radius 1 is 1.41 bits per heavy atom. The fourth-order valence-electron chi connectivity index (χ4n) is 1.55. The van der Waals surface area contributed by atoms with Crippen molar-refractivity contribution in [2.45, 2.75) is 19.5 Å². The smallest absolute Gasteiger partial charge is 0.212 e. The number of hydrogen-bond acceptors (Lipinski definition) is 4. The van der Waals surface area contributed by atoms with Crippen LogP contribution in [0, 0.1) is 0 Å². The summed E-state index contributed by atoms with van der Waals surface area (Å²) >= 11 is 0. The molecule has 2 rings (SSSR count). The zero-order chi connectivity index (χ0) is 12.1. The number of nitrogens with zero attached hydrogens (tertiary/aromatic N) is 1. The van der Waals surface area contributed by atoms with Crippen LogP contribution in [0.2, 0.25) is 0 Å². The molecule has 1 N–H and O–H groups in total. The molecule has 17 heavy (non-hydrogen) atoms. The van der Waals surface area contributed by atoms with E-state index in [0.29, 0.717) is 5.88 Å². The average molecular weight is 232 g/mol. The number of hydrogen-bond donors (Lipinski definition) is 1. The van der Waals surface area contributed by atoms with E-state index < -0.39 is 0 Å². The van der Waals surface area contributed by atoms with Crippen LogP contribution in [-0.2, 0) is 6.54 Å². The van der Waals surface area contributed by atoms with Gasteiger partial charge in [0.25, 0.3) is 0 Å². The summed E-state index contributed by atoms with van der Waals surface area (Å²) in [5, 5.41) is 3.40. The van der Waals surface area contributed by atoms with Crippen LogP contribution in [0.25, 0.3) is 0 Å². The van der Waals surface area contributed by atoms with Crippen LogP contribution in [-0.4, -0.2) is 12.1 Å². The lowest BCUT2D eigenvalue weighted by Crippen LogP contribution is -2.17. The van der Waals surface area contributed by atoms with Gasteiger partial charge < -0.3 is 14.5 Å². The molecule has 2 heterocycles. The average Bonchev–Trinajstić information content (AvgIpc) is 2.90. The highest BCUT2D eigenvalue weighted by Gasteiger charge is 2.05. The highest BCUT2D eigenvalue weighted by atomic mass is 16.5. The van der Waals surface area contributed by atoms with Crippen molar-refractivity contribution in [2.75, 3.05) is 7.11 Å². The van der Waals surface area contributed by atoms with Gasteiger partial charge in [0.15, 0.2) is 0 Å². The van der Waals surface area contributed by atoms with Crippen molar-refractivity contribution < 1.29 is 9.15 Å². The van der Waals surface area contributed by atoms with E-state index in [1.807, 2.05) is 24.4 Å². The topological polar surface area (TPSA) is 47.3 Å². The monoisotopic (exact) mass is 232 g/mol. The van der Waals surface area contributed by atoms with Gasteiger partial charge in [-0.3, -0.25) is 0 Å². The summed E-state index contributed by atoms with van der Waals surface area (Å²) in [7, 11) is 1.61. The summed E-state index contributed by atoms with van der Waals surface area (Å²) in [6, 6.07) is 6.08. The number of rotatable bonds is 5. The highest BCUT2D eigenvalue weighted by molar-refractivity contribution is 5.18. The molecule has 0 aromatic carbocycles. The van der Waals surface area contributed by atoms with Crippen molar-refractivity contribution in [3.63, 3.8) is 0 Å². The minimum atomic E-state index is 0.260. The standard InChI is InChI=1S/C13H16N2O2/c1-10(12-5-6-17-9-12)14-7-11-3-4-13(16-2)15-8-11/h3-6,8-10,14H,7H2,1-2H3. The lowest BCUT2D eigenvalue weighted by molar-refractivity contribution is 0.397. The van der Waals surface area contributed by atoms with E-state index in [2.05, 4.69) is 17.2 Å². The highest BCUT2D eigenvalue weighted by Crippen LogP contribution is 2.13. The number of pyridine rings is 1. The Bertz CT molecular complexity index is 437. The van der Waals surface area contributed by atoms with Gasteiger partial charge in [-0.15, -0.1) is 0 Å². The maximum Gasteiger partial charge on any atom is 0.212 e. The van der Waals surface area contributed by atoms with Crippen LogP contribution < -0.4 is 10.1 Å². The Balaban J connectivity index is 1.89. The predicted molar refractivity (Wildman–Crippen MR) is 64.8 cm³/mol. The van der Waals surface area contributed by atoms with E-state index in [9.17, 15) is 0 Å². The molecule has 1 unspecified atom stereocenters. The fourth-order valence-corrected chi connectivity index (χ4v) is 1.55. The molecule has 1 atom stereocenters. The number of aromatic nitrogens is 1. The molecule has 90 valence electrons. The zero-order valence-electron chi connectivity index (χ0n) is 10.0. The van der Waals surface area contributed by atoms with Gasteiger partial charge in [0.1, 0.15) is 0 Å². The molecular formula is C13H16N2O2. The maximum absolute atomic E-state index is 5.05. The summed E-state index contributed by atoms with van der Waals surface area (Å²) in [6.45, 7) is 2.87. The lowest BCUT2D eigenvalue weighted by Gasteiger charge is -2.11. The Morgan fingerprint density at radius 3 is 2.88 bits per heavy atom. The zero-order valence-corrected chi connectivity index (χ0v) is 10.0. The van der Waals surface area contributed by atoms with Gasteiger partial charge in [0, 0.05) is 30.4 Å². The minimum Gasteiger partial charge on any atom is -0.481 e. The summed E-state index contributed by atoms with van der Waals surface area (Å²) in [6.07, 6.45) is 5.25. The van der Waals surface area contributed by atoms with Crippen LogP contribution in [0.1, 0.15) is 24.1 Å². The molecule has 4 heteroatoms. The van der Waals surface area contributed by atoms with Crippen molar-refractivity contribution in [3.05, 3.63) is 48.0 Å². The van der Waals surface area contributed by atoms with E-state index in [1.54, 1.807) is 19.6 Å². The molecular weight excluding hydrogens is 216 g/mol. The molecule has 0 aliphatic rings. The third kappa shape index (κ3) is 3.07. The van der Waals surface area contributed by atoms with E-state index in [4.69, 9.17) is 9.15 Å². The Kier molecular flexibility index (Phi) is 3.77. The summed E-state index contributed by atoms with van der Waals surface area (Å²) < 4.78 is 10.1. The molecule has 0 aliphatic heterocycles. The summed E-state index contributed by atoms with van der Waals surface area (Å²) in [4.78, 5) is 4.16. The van der Waals surface area contributed by atoms with Crippen molar-refractivity contribution >= 4 is 0 Å². The first-order chi connectivity index (χ1) is 8.29. The van der Waals surface area contributed by atoms with E-state index >= 15 is 0 Å². The Morgan fingerprint density at radius 2 is 2.29 bits per heavy atom. The lowest BCUT2D eigenvalue weighted by atomic mass is 10.1. The Labute approximate surface area is 101 Å². The first-order valence-corrected chi connectivity index (χ1v) is 5.54. The van der Waals surface area contributed by atoms with Crippen LogP contribution >= 0.6 is 0 Å². The van der Waals surface area contributed by atoms with Gasteiger partial charge in [0.2, 0.25) is 5.88 Å². The molecule has 2 aromatic rings. The number of methoxy groups -OCH3 is 1. The van der Waals surface area contributed by atoms with Gasteiger partial charge in [-0.05, 0) is 18.6 Å². The molecule has 0 bridgehead atoms. The van der Waals surface area contributed by atoms with Crippen molar-refractivity contribution in [2.24, 2.45) is 0 Å². The second-order valence-electron chi connectivity index (χ2n) is 3.87. The van der Waals surface area contributed by atoms with Crippen molar-refractivity contribution in [1.82, 2.24) is 10.3 Å². The van der Waals surface area contributed by atoms with Crippen LogP contribution in [0.4, 0.5) is 0 Å². The second-order valence-corrected chi connectivity index (χ2v) is 3.87. The molecule has 0 radical (unpaired) electrons. The van der Waals surface area contributed by atoms with Crippen molar-refractivity contribution in [1.29, 1.82) is 0 Å². The maximum atomic E-state index is 5.05. The number of nitrogens with one attached hydrogen (secondary N) is 1. The fraction of sp³-hybridized carbons (Fsp3) is 0.308. The molecule has 0 fully saturated rings. The van der Waals surface area contributed by atoms with E-state index in [1.165, 1.54) is 0 Å². The third-order valence-corrected chi connectivity index (χ3v) is 2.66.